The molecule has 0 saturated heterocycles. The first kappa shape index (κ1) is 18.5. The molecule has 2 nitrogen and oxygen atoms in total. The zero-order chi connectivity index (χ0) is 15.3. The van der Waals surface area contributed by atoms with Crippen LogP contribution in [0.3, 0.4) is 0 Å². The van der Waals surface area contributed by atoms with Crippen molar-refractivity contribution in [2.24, 2.45) is 5.92 Å². The number of carbonyl (C=O) groups is 1. The van der Waals surface area contributed by atoms with Crippen molar-refractivity contribution in [1.29, 1.82) is 0 Å². The van der Waals surface area contributed by atoms with E-state index in [-0.39, 0.29) is 12.1 Å². The van der Waals surface area contributed by atoms with Crippen molar-refractivity contribution < 1.29 is 9.53 Å². The molecule has 0 heterocycles. The van der Waals surface area contributed by atoms with E-state index < -0.39 is 0 Å². The third-order valence-electron chi connectivity index (χ3n) is 4.75. The number of hydrogen-bond donors (Lipinski definition) is 0. The summed E-state index contributed by atoms with van der Waals surface area (Å²) in [6, 6.07) is 0. The fourth-order valence-corrected chi connectivity index (χ4v) is 3.17. The van der Waals surface area contributed by atoms with Gasteiger partial charge >= 0.3 is 5.97 Å². The first-order valence-corrected chi connectivity index (χ1v) is 9.41. The highest BCUT2D eigenvalue weighted by Gasteiger charge is 2.21. The number of carbonyl (C=O) groups excluding carboxylic acids is 1. The van der Waals surface area contributed by atoms with Crippen LogP contribution in [0, 0.1) is 5.92 Å². The second-order valence-electron chi connectivity index (χ2n) is 6.95. The van der Waals surface area contributed by atoms with Crippen LogP contribution in [0.4, 0.5) is 0 Å². The highest BCUT2D eigenvalue weighted by atomic mass is 16.5. The van der Waals surface area contributed by atoms with E-state index in [9.17, 15) is 4.79 Å². The maximum absolute atomic E-state index is 11.8. The summed E-state index contributed by atoms with van der Waals surface area (Å²) in [7, 11) is 0. The highest BCUT2D eigenvalue weighted by molar-refractivity contribution is 5.69. The van der Waals surface area contributed by atoms with Gasteiger partial charge in [0.15, 0.2) is 0 Å². The van der Waals surface area contributed by atoms with Crippen LogP contribution in [-0.2, 0) is 9.53 Å². The lowest BCUT2D eigenvalue weighted by Gasteiger charge is -2.25. The van der Waals surface area contributed by atoms with Crippen molar-refractivity contribution in [3.63, 3.8) is 0 Å². The van der Waals surface area contributed by atoms with E-state index in [0.29, 0.717) is 6.42 Å². The third kappa shape index (κ3) is 9.92. The van der Waals surface area contributed by atoms with E-state index in [4.69, 9.17) is 4.74 Å². The van der Waals surface area contributed by atoms with Gasteiger partial charge in [-0.1, -0.05) is 65.2 Å². The van der Waals surface area contributed by atoms with Crippen molar-refractivity contribution in [3.8, 4) is 0 Å². The minimum Gasteiger partial charge on any atom is -0.462 e. The van der Waals surface area contributed by atoms with Crippen LogP contribution in [-0.4, -0.2) is 12.1 Å². The SMILES string of the molecule is CCCCCCCCCCCC(=O)OC1CCC(C)CC1. The summed E-state index contributed by atoms with van der Waals surface area (Å²) in [5, 5.41) is 0. The van der Waals surface area contributed by atoms with Crippen molar-refractivity contribution in [2.45, 2.75) is 110 Å². The molecule has 0 aromatic heterocycles. The fourth-order valence-electron chi connectivity index (χ4n) is 3.17. The van der Waals surface area contributed by atoms with Crippen LogP contribution < -0.4 is 0 Å². The molecule has 0 aromatic rings. The van der Waals surface area contributed by atoms with Gasteiger partial charge < -0.3 is 4.74 Å². The first-order valence-electron chi connectivity index (χ1n) is 9.41. The summed E-state index contributed by atoms with van der Waals surface area (Å²) < 4.78 is 5.57. The molecule has 0 spiro atoms. The Kier molecular flexibility index (Phi) is 10.6. The molecule has 1 rings (SSSR count). The molecule has 2 heteroatoms. The first-order chi connectivity index (χ1) is 10.2. The smallest absolute Gasteiger partial charge is 0.306 e. The monoisotopic (exact) mass is 296 g/mol. The minimum atomic E-state index is 0.0394. The van der Waals surface area contributed by atoms with E-state index in [2.05, 4.69) is 13.8 Å². The molecule has 0 bridgehead atoms. The molecule has 0 radical (unpaired) electrons. The van der Waals surface area contributed by atoms with E-state index in [0.717, 1.165) is 25.2 Å². The van der Waals surface area contributed by atoms with Gasteiger partial charge in [0.1, 0.15) is 6.10 Å². The number of hydrogen-bond acceptors (Lipinski definition) is 2. The number of rotatable bonds is 11. The Bertz CT molecular complexity index is 254. The standard InChI is InChI=1S/C19H36O2/c1-3-4-5-6-7-8-9-10-11-12-19(20)21-18-15-13-17(2)14-16-18/h17-18H,3-16H2,1-2H3. The molecule has 0 N–H and O–H groups in total. The van der Waals surface area contributed by atoms with Crippen molar-refractivity contribution in [3.05, 3.63) is 0 Å². The summed E-state index contributed by atoms with van der Waals surface area (Å²) >= 11 is 0. The third-order valence-corrected chi connectivity index (χ3v) is 4.75. The summed E-state index contributed by atoms with van der Waals surface area (Å²) in [5.41, 5.74) is 0. The predicted molar refractivity (Wildman–Crippen MR) is 89.4 cm³/mol. The minimum absolute atomic E-state index is 0.0394. The van der Waals surface area contributed by atoms with Gasteiger partial charge in [0.05, 0.1) is 0 Å². The van der Waals surface area contributed by atoms with E-state index in [1.54, 1.807) is 0 Å². The molecule has 124 valence electrons. The largest absolute Gasteiger partial charge is 0.462 e. The molecule has 0 aliphatic heterocycles. The second kappa shape index (κ2) is 12.1. The molecular weight excluding hydrogens is 260 g/mol. The highest BCUT2D eigenvalue weighted by Crippen LogP contribution is 2.25. The van der Waals surface area contributed by atoms with Crippen LogP contribution in [0.15, 0.2) is 0 Å². The number of unbranched alkanes of at least 4 members (excludes halogenated alkanes) is 8. The predicted octanol–water partition coefficient (Wildman–Crippen LogP) is 6.03. The topological polar surface area (TPSA) is 26.3 Å². The molecular formula is C19H36O2. The Morgan fingerprint density at radius 3 is 1.95 bits per heavy atom. The Morgan fingerprint density at radius 2 is 1.38 bits per heavy atom. The zero-order valence-electron chi connectivity index (χ0n) is 14.4. The molecule has 1 saturated carbocycles. The van der Waals surface area contributed by atoms with Crippen LogP contribution >= 0.6 is 0 Å². The lowest BCUT2D eigenvalue weighted by molar-refractivity contribution is -0.151. The average molecular weight is 296 g/mol. The van der Waals surface area contributed by atoms with Gasteiger partial charge in [-0.15, -0.1) is 0 Å². The van der Waals surface area contributed by atoms with Gasteiger partial charge in [0, 0.05) is 6.42 Å². The van der Waals surface area contributed by atoms with Gasteiger partial charge in [0.2, 0.25) is 0 Å². The maximum Gasteiger partial charge on any atom is 0.306 e. The van der Waals surface area contributed by atoms with Crippen molar-refractivity contribution >= 4 is 5.97 Å². The van der Waals surface area contributed by atoms with Crippen LogP contribution in [0.25, 0.3) is 0 Å². The summed E-state index contributed by atoms with van der Waals surface area (Å²) in [5.74, 6) is 0.856. The molecule has 0 unspecified atom stereocenters. The van der Waals surface area contributed by atoms with Crippen LogP contribution in [0.2, 0.25) is 0 Å². The van der Waals surface area contributed by atoms with Crippen LogP contribution in [0.5, 0.6) is 0 Å². The zero-order valence-corrected chi connectivity index (χ0v) is 14.4. The summed E-state index contributed by atoms with van der Waals surface area (Å²) in [4.78, 5) is 11.8. The summed E-state index contributed by atoms with van der Waals surface area (Å²) in [6.45, 7) is 4.55. The Balaban J connectivity index is 1.87. The molecule has 0 aromatic carbocycles. The van der Waals surface area contributed by atoms with Gasteiger partial charge in [-0.05, 0) is 38.0 Å². The molecule has 1 fully saturated rings. The summed E-state index contributed by atoms with van der Waals surface area (Å²) in [6.07, 6.45) is 17.1. The lowest BCUT2D eigenvalue weighted by Crippen LogP contribution is -2.23. The Hall–Kier alpha value is -0.530. The number of ether oxygens (including phenoxy) is 1. The second-order valence-corrected chi connectivity index (χ2v) is 6.95. The molecule has 21 heavy (non-hydrogen) atoms. The molecule has 0 amide bonds. The van der Waals surface area contributed by atoms with Gasteiger partial charge in [0.25, 0.3) is 0 Å². The quantitative estimate of drug-likeness (QED) is 0.344. The molecule has 1 aliphatic rings. The Morgan fingerprint density at radius 1 is 0.857 bits per heavy atom. The molecule has 1 aliphatic carbocycles. The van der Waals surface area contributed by atoms with Crippen LogP contribution in [0.1, 0.15) is 104 Å². The van der Waals surface area contributed by atoms with Crippen molar-refractivity contribution in [1.82, 2.24) is 0 Å². The lowest BCUT2D eigenvalue weighted by atomic mass is 9.89. The van der Waals surface area contributed by atoms with Crippen molar-refractivity contribution in [2.75, 3.05) is 0 Å². The average Bonchev–Trinajstić information content (AvgIpc) is 2.48. The van der Waals surface area contributed by atoms with E-state index >= 15 is 0 Å². The van der Waals surface area contributed by atoms with Gasteiger partial charge in [-0.2, -0.15) is 0 Å². The van der Waals surface area contributed by atoms with E-state index in [1.807, 2.05) is 0 Å². The maximum atomic E-state index is 11.8. The Labute approximate surface area is 132 Å². The molecule has 0 atom stereocenters. The van der Waals surface area contributed by atoms with E-state index in [1.165, 1.54) is 64.2 Å². The van der Waals surface area contributed by atoms with Gasteiger partial charge in [-0.3, -0.25) is 4.79 Å². The fraction of sp³-hybridized carbons (Fsp3) is 0.947. The van der Waals surface area contributed by atoms with Gasteiger partial charge in [-0.25, -0.2) is 0 Å². The number of esters is 1. The normalized spacial score (nSPS) is 22.2.